The molecule has 2 aromatic heterocycles. The summed E-state index contributed by atoms with van der Waals surface area (Å²) in [6.07, 6.45) is 3.23. The lowest BCUT2D eigenvalue weighted by molar-refractivity contribution is 0.568. The molecular weight excluding hydrogens is 148 g/mol. The fourth-order valence-electron chi connectivity index (χ4n) is 0.689. The molecule has 0 fully saturated rings. The summed E-state index contributed by atoms with van der Waals surface area (Å²) in [4.78, 5) is 4.01. The van der Waals surface area contributed by atoms with Crippen molar-refractivity contribution < 1.29 is 4.42 Å². The summed E-state index contributed by atoms with van der Waals surface area (Å²) < 4.78 is 8.89. The number of hydrogen-bond acceptors (Lipinski definition) is 4. The van der Waals surface area contributed by atoms with Gasteiger partial charge in [0.25, 0.3) is 0 Å². The minimum atomic E-state index is 0.735. The Morgan fingerprint density at radius 1 is 1.50 bits per heavy atom. The summed E-state index contributed by atoms with van der Waals surface area (Å²) in [5.41, 5.74) is 2.63. The first-order valence-corrected chi connectivity index (χ1v) is 3.59. The van der Waals surface area contributed by atoms with Crippen LogP contribution in [0, 0.1) is 0 Å². The molecule has 2 heterocycles. The van der Waals surface area contributed by atoms with Crippen LogP contribution in [0.1, 0.15) is 0 Å². The predicted molar refractivity (Wildman–Crippen MR) is 37.6 cm³/mol. The van der Waals surface area contributed by atoms with Crippen LogP contribution in [0.4, 0.5) is 0 Å². The molecule has 0 unspecified atom stereocenters. The molecule has 4 heteroatoms. The molecule has 0 radical (unpaired) electrons. The van der Waals surface area contributed by atoms with Gasteiger partial charge in [-0.2, -0.15) is 4.37 Å². The van der Waals surface area contributed by atoms with Crippen molar-refractivity contribution in [3.8, 4) is 11.4 Å². The second kappa shape index (κ2) is 2.22. The Balaban J connectivity index is 2.48. The molecule has 0 aliphatic carbocycles. The van der Waals surface area contributed by atoms with E-state index < -0.39 is 0 Å². The van der Waals surface area contributed by atoms with Crippen LogP contribution in [0.5, 0.6) is 0 Å². The van der Waals surface area contributed by atoms with Gasteiger partial charge in [0.05, 0.1) is 11.8 Å². The van der Waals surface area contributed by atoms with E-state index >= 15 is 0 Å². The van der Waals surface area contributed by atoms with Crippen molar-refractivity contribution >= 4 is 11.5 Å². The van der Waals surface area contributed by atoms with E-state index in [2.05, 4.69) is 9.36 Å². The summed E-state index contributed by atoms with van der Waals surface area (Å²) in [5, 5.41) is 0. The number of furan rings is 1. The quantitative estimate of drug-likeness (QED) is 0.625. The van der Waals surface area contributed by atoms with Crippen molar-refractivity contribution in [1.29, 1.82) is 0 Å². The molecule has 0 bridgehead atoms. The highest BCUT2D eigenvalue weighted by atomic mass is 32.1. The van der Waals surface area contributed by atoms with Crippen LogP contribution < -0.4 is 0 Å². The average molecular weight is 152 g/mol. The van der Waals surface area contributed by atoms with Crippen LogP contribution in [-0.4, -0.2) is 9.36 Å². The molecule has 3 nitrogen and oxygen atoms in total. The van der Waals surface area contributed by atoms with Gasteiger partial charge < -0.3 is 4.42 Å². The highest BCUT2D eigenvalue weighted by Crippen LogP contribution is 2.14. The summed E-state index contributed by atoms with van der Waals surface area (Å²) in [6.45, 7) is 0. The molecular formula is C6H4N2OS. The third kappa shape index (κ3) is 0.823. The van der Waals surface area contributed by atoms with Crippen molar-refractivity contribution in [3.05, 3.63) is 24.1 Å². The predicted octanol–water partition coefficient (Wildman–Crippen LogP) is 1.80. The van der Waals surface area contributed by atoms with E-state index in [0.717, 1.165) is 11.4 Å². The van der Waals surface area contributed by atoms with Gasteiger partial charge in [0.2, 0.25) is 0 Å². The molecule has 50 valence electrons. The molecule has 0 aliphatic rings. The minimum absolute atomic E-state index is 0.735. The standard InChI is InChI=1S/C6H4N2OS/c1-2-9-3-5(1)6-7-4-10-8-6/h1-4H. The van der Waals surface area contributed by atoms with Crippen LogP contribution in [0.3, 0.4) is 0 Å². The molecule has 0 aliphatic heterocycles. The maximum Gasteiger partial charge on any atom is 0.175 e. The molecule has 0 amide bonds. The first-order valence-electron chi connectivity index (χ1n) is 2.76. The van der Waals surface area contributed by atoms with Crippen LogP contribution in [0.15, 0.2) is 28.5 Å². The van der Waals surface area contributed by atoms with E-state index in [9.17, 15) is 0 Å². The zero-order valence-corrected chi connectivity index (χ0v) is 5.84. The zero-order valence-electron chi connectivity index (χ0n) is 5.02. The normalized spacial score (nSPS) is 10.0. The Morgan fingerprint density at radius 2 is 2.50 bits per heavy atom. The van der Waals surface area contributed by atoms with Gasteiger partial charge in [-0.15, -0.1) is 0 Å². The van der Waals surface area contributed by atoms with Gasteiger partial charge in [0, 0.05) is 0 Å². The maximum atomic E-state index is 4.86. The zero-order chi connectivity index (χ0) is 6.81. The smallest absolute Gasteiger partial charge is 0.175 e. The minimum Gasteiger partial charge on any atom is -0.472 e. The van der Waals surface area contributed by atoms with Crippen molar-refractivity contribution in [1.82, 2.24) is 9.36 Å². The second-order valence-electron chi connectivity index (χ2n) is 1.77. The van der Waals surface area contributed by atoms with Gasteiger partial charge in [-0.3, -0.25) is 0 Å². The molecule has 0 saturated carbocycles. The molecule has 0 N–H and O–H groups in total. The maximum absolute atomic E-state index is 4.86. The summed E-state index contributed by atoms with van der Waals surface area (Å²) >= 11 is 1.34. The fourth-order valence-corrected chi connectivity index (χ4v) is 1.14. The lowest BCUT2D eigenvalue weighted by Crippen LogP contribution is -1.72. The summed E-state index contributed by atoms with van der Waals surface area (Å²) in [6, 6.07) is 1.84. The Hall–Kier alpha value is -1.16. The Morgan fingerprint density at radius 3 is 3.10 bits per heavy atom. The average Bonchev–Trinajstić information content (AvgIpc) is 2.59. The topological polar surface area (TPSA) is 38.9 Å². The lowest BCUT2D eigenvalue weighted by atomic mass is 10.3. The van der Waals surface area contributed by atoms with Gasteiger partial charge in [0.1, 0.15) is 11.8 Å². The van der Waals surface area contributed by atoms with Crippen LogP contribution in [0.2, 0.25) is 0 Å². The molecule has 10 heavy (non-hydrogen) atoms. The van der Waals surface area contributed by atoms with E-state index in [1.807, 2.05) is 6.07 Å². The van der Waals surface area contributed by atoms with Gasteiger partial charge >= 0.3 is 0 Å². The monoisotopic (exact) mass is 152 g/mol. The molecule has 0 spiro atoms. The van der Waals surface area contributed by atoms with Crippen LogP contribution in [0.25, 0.3) is 11.4 Å². The van der Waals surface area contributed by atoms with E-state index in [1.165, 1.54) is 11.5 Å². The summed E-state index contributed by atoms with van der Waals surface area (Å²) in [7, 11) is 0. The SMILES string of the molecule is c1cc(-c2ncsn2)co1. The first kappa shape index (κ1) is 5.61. The lowest BCUT2D eigenvalue weighted by Gasteiger charge is -1.80. The summed E-state index contributed by atoms with van der Waals surface area (Å²) in [5.74, 6) is 0.735. The molecule has 2 aromatic rings. The molecule has 2 rings (SSSR count). The van der Waals surface area contributed by atoms with Gasteiger partial charge in [0.15, 0.2) is 5.82 Å². The highest BCUT2D eigenvalue weighted by Gasteiger charge is 2.00. The molecule has 0 aromatic carbocycles. The van der Waals surface area contributed by atoms with E-state index in [-0.39, 0.29) is 0 Å². The number of aromatic nitrogens is 2. The first-order chi connectivity index (χ1) is 4.97. The Labute approximate surface area is 61.5 Å². The highest BCUT2D eigenvalue weighted by molar-refractivity contribution is 7.03. The molecule has 0 atom stereocenters. The van der Waals surface area contributed by atoms with Gasteiger partial charge in [-0.25, -0.2) is 4.98 Å². The van der Waals surface area contributed by atoms with Crippen LogP contribution in [-0.2, 0) is 0 Å². The number of rotatable bonds is 1. The molecule has 0 saturated heterocycles. The van der Waals surface area contributed by atoms with Crippen molar-refractivity contribution in [2.75, 3.05) is 0 Å². The van der Waals surface area contributed by atoms with Gasteiger partial charge in [-0.05, 0) is 17.6 Å². The third-order valence-corrected chi connectivity index (χ3v) is 1.62. The largest absolute Gasteiger partial charge is 0.472 e. The van der Waals surface area contributed by atoms with Gasteiger partial charge in [-0.1, -0.05) is 0 Å². The van der Waals surface area contributed by atoms with Crippen molar-refractivity contribution in [3.63, 3.8) is 0 Å². The number of nitrogens with zero attached hydrogens (tertiary/aromatic N) is 2. The Bertz CT molecular complexity index is 255. The Kier molecular flexibility index (Phi) is 1.25. The number of hydrogen-bond donors (Lipinski definition) is 0. The van der Waals surface area contributed by atoms with Crippen molar-refractivity contribution in [2.45, 2.75) is 0 Å². The fraction of sp³-hybridized carbons (Fsp3) is 0. The second-order valence-corrected chi connectivity index (χ2v) is 2.37. The van der Waals surface area contributed by atoms with E-state index in [1.54, 1.807) is 18.0 Å². The van der Waals surface area contributed by atoms with E-state index in [0.29, 0.717) is 0 Å². The van der Waals surface area contributed by atoms with Crippen molar-refractivity contribution in [2.24, 2.45) is 0 Å². The van der Waals surface area contributed by atoms with Crippen LogP contribution >= 0.6 is 11.5 Å². The van der Waals surface area contributed by atoms with E-state index in [4.69, 9.17) is 4.42 Å². The third-order valence-electron chi connectivity index (χ3n) is 1.14.